The van der Waals surface area contributed by atoms with E-state index in [2.05, 4.69) is 4.90 Å². The van der Waals surface area contributed by atoms with Gasteiger partial charge in [0.05, 0.1) is 6.61 Å². The van der Waals surface area contributed by atoms with Gasteiger partial charge in [-0.1, -0.05) is 0 Å². The average Bonchev–Trinajstić information content (AvgIpc) is 2.27. The zero-order valence-electron chi connectivity index (χ0n) is 10.2. The highest BCUT2D eigenvalue weighted by molar-refractivity contribution is 5.66. The molecule has 0 aromatic rings. The van der Waals surface area contributed by atoms with Crippen LogP contribution in [-0.2, 0) is 9.53 Å². The predicted molar refractivity (Wildman–Crippen MR) is 62.5 cm³/mol. The van der Waals surface area contributed by atoms with Crippen LogP contribution in [-0.4, -0.2) is 48.8 Å². The van der Waals surface area contributed by atoms with Crippen LogP contribution >= 0.6 is 0 Å². The zero-order chi connectivity index (χ0) is 11.8. The molecule has 1 fully saturated rings. The van der Waals surface area contributed by atoms with E-state index in [9.17, 15) is 4.79 Å². The van der Waals surface area contributed by atoms with Crippen LogP contribution < -0.4 is 0 Å². The second-order valence-electron chi connectivity index (χ2n) is 4.44. The molecule has 0 bridgehead atoms. The molecule has 94 valence electrons. The second kappa shape index (κ2) is 7.63. The number of piperidine rings is 1. The maximum Gasteiger partial charge on any atom is 0.303 e. The molecule has 1 heterocycles. The van der Waals surface area contributed by atoms with E-state index in [0.717, 1.165) is 39.3 Å². The molecule has 1 aliphatic heterocycles. The van der Waals surface area contributed by atoms with E-state index in [4.69, 9.17) is 9.84 Å². The van der Waals surface area contributed by atoms with Crippen LogP contribution in [0.4, 0.5) is 0 Å². The van der Waals surface area contributed by atoms with E-state index in [1.807, 2.05) is 6.92 Å². The van der Waals surface area contributed by atoms with Gasteiger partial charge in [0.2, 0.25) is 0 Å². The lowest BCUT2D eigenvalue weighted by Crippen LogP contribution is -2.37. The molecule has 1 N–H and O–H groups in total. The molecule has 16 heavy (non-hydrogen) atoms. The summed E-state index contributed by atoms with van der Waals surface area (Å²) in [5.41, 5.74) is 0. The number of hydrogen-bond donors (Lipinski definition) is 1. The van der Waals surface area contributed by atoms with Crippen molar-refractivity contribution >= 4 is 5.97 Å². The van der Waals surface area contributed by atoms with Gasteiger partial charge in [-0.25, -0.2) is 0 Å². The van der Waals surface area contributed by atoms with Crippen LogP contribution in [0.5, 0.6) is 0 Å². The van der Waals surface area contributed by atoms with Crippen LogP contribution in [0.2, 0.25) is 0 Å². The van der Waals surface area contributed by atoms with Crippen LogP contribution in [0.15, 0.2) is 0 Å². The summed E-state index contributed by atoms with van der Waals surface area (Å²) >= 11 is 0. The zero-order valence-corrected chi connectivity index (χ0v) is 10.2. The number of aliphatic carboxylic acids is 1. The number of likely N-dealkylation sites (tertiary alicyclic amines) is 1. The van der Waals surface area contributed by atoms with Gasteiger partial charge in [-0.15, -0.1) is 0 Å². The van der Waals surface area contributed by atoms with Gasteiger partial charge in [0, 0.05) is 26.1 Å². The topological polar surface area (TPSA) is 49.8 Å². The van der Waals surface area contributed by atoms with Gasteiger partial charge in [-0.3, -0.25) is 4.79 Å². The van der Waals surface area contributed by atoms with Crippen LogP contribution in [0.3, 0.4) is 0 Å². The van der Waals surface area contributed by atoms with Crippen molar-refractivity contribution in [3.05, 3.63) is 0 Å². The van der Waals surface area contributed by atoms with Crippen molar-refractivity contribution < 1.29 is 14.6 Å². The molecule has 1 rings (SSSR count). The standard InChI is InChI=1S/C12H23NO3/c1-2-16-9-8-13-7-3-4-11(10-13)5-6-12(14)15/h11H,2-10H2,1H3,(H,14,15). The molecule has 0 spiro atoms. The summed E-state index contributed by atoms with van der Waals surface area (Å²) in [6.07, 6.45) is 3.50. The highest BCUT2D eigenvalue weighted by Gasteiger charge is 2.19. The van der Waals surface area contributed by atoms with E-state index in [-0.39, 0.29) is 0 Å². The molecular formula is C12H23NO3. The van der Waals surface area contributed by atoms with Crippen molar-refractivity contribution in [3.63, 3.8) is 0 Å². The molecule has 0 aromatic carbocycles. The molecule has 0 amide bonds. The molecule has 4 nitrogen and oxygen atoms in total. The third kappa shape index (κ3) is 5.47. The summed E-state index contributed by atoms with van der Waals surface area (Å²) in [4.78, 5) is 12.9. The normalized spacial score (nSPS) is 22.2. The molecule has 1 atom stereocenters. The molecule has 0 radical (unpaired) electrons. The van der Waals surface area contributed by atoms with E-state index >= 15 is 0 Å². The lowest BCUT2D eigenvalue weighted by molar-refractivity contribution is -0.137. The largest absolute Gasteiger partial charge is 0.481 e. The number of rotatable bonds is 7. The molecule has 0 saturated carbocycles. The van der Waals surface area contributed by atoms with E-state index in [1.165, 1.54) is 12.8 Å². The number of hydrogen-bond acceptors (Lipinski definition) is 3. The first kappa shape index (κ1) is 13.5. The Morgan fingerprint density at radius 1 is 1.56 bits per heavy atom. The first-order valence-electron chi connectivity index (χ1n) is 6.24. The number of carboxylic acid groups (broad SMARTS) is 1. The van der Waals surface area contributed by atoms with Gasteiger partial charge in [0.25, 0.3) is 0 Å². The van der Waals surface area contributed by atoms with Gasteiger partial charge in [0.15, 0.2) is 0 Å². The molecule has 4 heteroatoms. The van der Waals surface area contributed by atoms with Gasteiger partial charge >= 0.3 is 5.97 Å². The molecule has 0 aromatic heterocycles. The summed E-state index contributed by atoms with van der Waals surface area (Å²) in [7, 11) is 0. The summed E-state index contributed by atoms with van der Waals surface area (Å²) in [6.45, 7) is 6.73. The minimum atomic E-state index is -0.675. The van der Waals surface area contributed by atoms with Crippen molar-refractivity contribution in [2.24, 2.45) is 5.92 Å². The van der Waals surface area contributed by atoms with Crippen molar-refractivity contribution in [2.75, 3.05) is 32.8 Å². The maximum atomic E-state index is 10.5. The molecular weight excluding hydrogens is 206 g/mol. The van der Waals surface area contributed by atoms with E-state index in [0.29, 0.717) is 12.3 Å². The Balaban J connectivity index is 2.16. The number of carboxylic acids is 1. The quantitative estimate of drug-likeness (QED) is 0.674. The average molecular weight is 229 g/mol. The summed E-state index contributed by atoms with van der Waals surface area (Å²) < 4.78 is 5.33. The Morgan fingerprint density at radius 2 is 2.38 bits per heavy atom. The van der Waals surface area contributed by atoms with Crippen LogP contribution in [0.25, 0.3) is 0 Å². The SMILES string of the molecule is CCOCCN1CCCC(CCC(=O)O)C1. The van der Waals surface area contributed by atoms with Gasteiger partial charge < -0.3 is 14.7 Å². The third-order valence-electron chi connectivity index (χ3n) is 3.13. The van der Waals surface area contributed by atoms with Crippen LogP contribution in [0.1, 0.15) is 32.6 Å². The fourth-order valence-electron chi connectivity index (χ4n) is 2.26. The Hall–Kier alpha value is -0.610. The van der Waals surface area contributed by atoms with Crippen molar-refractivity contribution in [1.82, 2.24) is 4.90 Å². The lowest BCUT2D eigenvalue weighted by Gasteiger charge is -2.32. The molecule has 1 saturated heterocycles. The van der Waals surface area contributed by atoms with Crippen LogP contribution in [0, 0.1) is 5.92 Å². The van der Waals surface area contributed by atoms with Gasteiger partial charge in [0.1, 0.15) is 0 Å². The highest BCUT2D eigenvalue weighted by atomic mass is 16.5. The fraction of sp³-hybridized carbons (Fsp3) is 0.917. The van der Waals surface area contributed by atoms with Gasteiger partial charge in [-0.2, -0.15) is 0 Å². The van der Waals surface area contributed by atoms with Gasteiger partial charge in [-0.05, 0) is 38.6 Å². The molecule has 1 unspecified atom stereocenters. The number of carbonyl (C=O) groups is 1. The maximum absolute atomic E-state index is 10.5. The fourth-order valence-corrected chi connectivity index (χ4v) is 2.26. The lowest BCUT2D eigenvalue weighted by atomic mass is 9.93. The first-order chi connectivity index (χ1) is 7.72. The Labute approximate surface area is 97.6 Å². The molecule has 0 aliphatic carbocycles. The highest BCUT2D eigenvalue weighted by Crippen LogP contribution is 2.20. The second-order valence-corrected chi connectivity index (χ2v) is 4.44. The molecule has 1 aliphatic rings. The Kier molecular flexibility index (Phi) is 6.42. The Morgan fingerprint density at radius 3 is 3.06 bits per heavy atom. The van der Waals surface area contributed by atoms with Crippen molar-refractivity contribution in [2.45, 2.75) is 32.6 Å². The Bertz CT molecular complexity index is 208. The van der Waals surface area contributed by atoms with Crippen molar-refractivity contribution in [1.29, 1.82) is 0 Å². The third-order valence-corrected chi connectivity index (χ3v) is 3.13. The minimum Gasteiger partial charge on any atom is -0.481 e. The predicted octanol–water partition coefficient (Wildman–Crippen LogP) is 1.60. The monoisotopic (exact) mass is 229 g/mol. The van der Waals surface area contributed by atoms with E-state index in [1.54, 1.807) is 0 Å². The van der Waals surface area contributed by atoms with Crippen molar-refractivity contribution in [3.8, 4) is 0 Å². The summed E-state index contributed by atoms with van der Waals surface area (Å²) in [6, 6.07) is 0. The van der Waals surface area contributed by atoms with E-state index < -0.39 is 5.97 Å². The minimum absolute atomic E-state index is 0.309. The summed E-state index contributed by atoms with van der Waals surface area (Å²) in [5.74, 6) is -0.113. The number of ether oxygens (including phenoxy) is 1. The first-order valence-corrected chi connectivity index (χ1v) is 6.24. The smallest absolute Gasteiger partial charge is 0.303 e. The number of nitrogens with zero attached hydrogens (tertiary/aromatic N) is 1. The summed E-state index contributed by atoms with van der Waals surface area (Å²) in [5, 5.41) is 8.65.